The summed E-state index contributed by atoms with van der Waals surface area (Å²) >= 11 is 0. The smallest absolute Gasteiger partial charge is 0.290 e. The Labute approximate surface area is 610 Å². The molecule has 2 amide bonds. The minimum absolute atomic E-state index is 0.00344. The molecule has 9 rings (SSSR count). The van der Waals surface area contributed by atoms with Crippen LogP contribution >= 0.6 is 0 Å². The van der Waals surface area contributed by atoms with Gasteiger partial charge in [-0.1, -0.05) is 133 Å². The van der Waals surface area contributed by atoms with Crippen LogP contribution < -0.4 is 20.1 Å². The maximum absolute atomic E-state index is 13.4. The van der Waals surface area contributed by atoms with Gasteiger partial charge in [-0.15, -0.1) is 0 Å². The van der Waals surface area contributed by atoms with E-state index in [1.807, 2.05) is 48.5 Å². The zero-order valence-electron chi connectivity index (χ0n) is 61.0. The maximum Gasteiger partial charge on any atom is 0.290 e. The van der Waals surface area contributed by atoms with Gasteiger partial charge in [0.05, 0.1) is 40.9 Å². The molecule has 6 atom stereocenters. The molecule has 5 N–H and O–H groups in total. The van der Waals surface area contributed by atoms with Crippen molar-refractivity contribution >= 4 is 63.7 Å². The molecule has 2 fully saturated rings. The third-order valence-corrected chi connectivity index (χ3v) is 25.7. The van der Waals surface area contributed by atoms with E-state index in [0.717, 1.165) is 72.5 Å². The Morgan fingerprint density at radius 3 is 2.06 bits per heavy atom. The third-order valence-electron chi connectivity index (χ3n) is 22.3. The van der Waals surface area contributed by atoms with Crippen LogP contribution in [-0.2, 0) is 60.9 Å². The van der Waals surface area contributed by atoms with Gasteiger partial charge >= 0.3 is 0 Å². The summed E-state index contributed by atoms with van der Waals surface area (Å²) in [5.74, 6) is 0.909. The number of azide groups is 1. The predicted molar refractivity (Wildman–Crippen MR) is 399 cm³/mol. The lowest BCUT2D eigenvalue weighted by Crippen LogP contribution is -2.52. The highest BCUT2D eigenvalue weighted by molar-refractivity contribution is 7.89. The van der Waals surface area contributed by atoms with E-state index in [2.05, 4.69) is 90.8 Å². The van der Waals surface area contributed by atoms with Crippen LogP contribution in [0, 0.1) is 28.6 Å². The van der Waals surface area contributed by atoms with Gasteiger partial charge in [0.15, 0.2) is 5.71 Å². The molecule has 4 aliphatic carbocycles. The molecule has 103 heavy (non-hydrogen) atoms. The predicted octanol–water partition coefficient (Wildman–Crippen LogP) is 14.0. The molecule has 0 spiro atoms. The molecule has 1 saturated carbocycles. The van der Waals surface area contributed by atoms with Crippen LogP contribution in [0.1, 0.15) is 198 Å². The van der Waals surface area contributed by atoms with E-state index in [1.54, 1.807) is 44.6 Å². The first-order valence-electron chi connectivity index (χ1n) is 35.9. The van der Waals surface area contributed by atoms with Crippen molar-refractivity contribution in [3.63, 3.8) is 0 Å². The molecular formula is C76H105N7O16S4. The number of carbonyl (C=O) groups is 2. The van der Waals surface area contributed by atoms with Crippen molar-refractivity contribution in [3.05, 3.63) is 164 Å². The fourth-order valence-electron chi connectivity index (χ4n) is 16.5. The van der Waals surface area contributed by atoms with Gasteiger partial charge in [-0.2, -0.15) is 29.8 Å². The van der Waals surface area contributed by atoms with Gasteiger partial charge in [0.25, 0.3) is 30.4 Å². The van der Waals surface area contributed by atoms with Crippen molar-refractivity contribution in [1.82, 2.24) is 15.5 Å². The number of allylic oxidation sites excluding steroid dienone is 11. The van der Waals surface area contributed by atoms with E-state index in [4.69, 9.17) is 15.0 Å². The molecule has 23 nitrogen and oxygen atoms in total. The Balaban J connectivity index is 0.864. The lowest BCUT2D eigenvalue weighted by atomic mass is 9.45. The number of likely N-dealkylation sites (tertiary alicyclic amines) is 1. The van der Waals surface area contributed by atoms with Gasteiger partial charge in [0, 0.05) is 102 Å². The number of benzene rings is 3. The fourth-order valence-corrected chi connectivity index (χ4v) is 18.7. The van der Waals surface area contributed by atoms with Crippen LogP contribution in [0.25, 0.3) is 10.4 Å². The van der Waals surface area contributed by atoms with Crippen LogP contribution in [0.15, 0.2) is 141 Å². The molecule has 27 heteroatoms. The van der Waals surface area contributed by atoms with Crippen LogP contribution in [0.2, 0.25) is 0 Å². The lowest BCUT2D eigenvalue weighted by Gasteiger charge is -2.59. The quantitative estimate of drug-likeness (QED) is 0.00516. The Morgan fingerprint density at radius 1 is 0.777 bits per heavy atom. The normalized spacial score (nSPS) is 21.5. The van der Waals surface area contributed by atoms with E-state index < -0.39 is 73.6 Å². The van der Waals surface area contributed by atoms with Crippen molar-refractivity contribution in [3.8, 4) is 11.5 Å². The summed E-state index contributed by atoms with van der Waals surface area (Å²) in [5, 5.41) is 9.98. The summed E-state index contributed by atoms with van der Waals surface area (Å²) < 4.78 is 153. The molecule has 2 aliphatic heterocycles. The summed E-state index contributed by atoms with van der Waals surface area (Å²) in [5.41, 5.74) is 14.7. The Kier molecular flexibility index (Phi) is 27.4. The fraction of sp³-hybridized carbons (Fsp3) is 0.566. The zero-order chi connectivity index (χ0) is 75.3. The van der Waals surface area contributed by atoms with E-state index in [-0.39, 0.29) is 71.6 Å². The zero-order valence-corrected chi connectivity index (χ0v) is 64.2. The molecule has 564 valence electrons. The van der Waals surface area contributed by atoms with Gasteiger partial charge in [-0.25, -0.2) is 8.42 Å². The average Bonchev–Trinajstić information content (AvgIpc) is 1.60. The minimum Gasteiger partial charge on any atom is -0.744 e. The largest absolute Gasteiger partial charge is 0.744 e. The van der Waals surface area contributed by atoms with E-state index in [1.165, 1.54) is 29.3 Å². The van der Waals surface area contributed by atoms with E-state index in [9.17, 15) is 61.5 Å². The highest BCUT2D eigenvalue weighted by Gasteiger charge is 2.57. The number of amides is 2. The second kappa shape index (κ2) is 34.5. The summed E-state index contributed by atoms with van der Waals surface area (Å²) in [7, 11) is -14.5. The molecule has 2 bridgehead atoms. The molecule has 6 aliphatic rings. The number of carbonyl (C=O) groups excluding carboxylic acids is 2. The molecule has 2 heterocycles. The standard InChI is InChI=1S/C76H105N7O16S4/c1-73(2,59(53-28-15-10-16-29-53)30-17-12-24-41-80-81-77)55-47-66(98-8)72(67(48-55)99-9)58-46-54(60-51-61(58)74(60,3)4)52-79-71(85)34-20-13-23-40-78-70(84)33-21-14-25-42-83-65-38-36-57(103(95,96)97)50-63(65)76(7,39-22-26-44-100(86,87)88)69(83)32-19-11-18-31-68-75(5,6)62-49-56(102(92,93)94)35-37-64(62)82(68)43-27-45-101(89,90)91/h10-11,15-16,18-19,28-29,31-32,35-38,46-48,50,58-62H,12-14,17,20-27,30,33-34,39-45,49,51-52H2,1-9H3,(H5-,78,79,84,85,86,87,88,89,90,91,92,93,94,95,96,97)/t58-,59+,60+,61-,62?,76?/m0/s1. The number of rotatable bonds is 40. The lowest BCUT2D eigenvalue weighted by molar-refractivity contribution is -0.438. The van der Waals surface area contributed by atoms with Crippen molar-refractivity contribution in [2.45, 2.75) is 192 Å². The van der Waals surface area contributed by atoms with Gasteiger partial charge in [0.2, 0.25) is 17.5 Å². The highest BCUT2D eigenvalue weighted by Crippen LogP contribution is 2.65. The minimum atomic E-state index is -4.90. The van der Waals surface area contributed by atoms with Crippen molar-refractivity contribution in [1.29, 1.82) is 0 Å². The van der Waals surface area contributed by atoms with Crippen LogP contribution in [-0.4, -0.2) is 137 Å². The van der Waals surface area contributed by atoms with Crippen molar-refractivity contribution < 1.29 is 75.5 Å². The van der Waals surface area contributed by atoms with E-state index >= 15 is 0 Å². The van der Waals surface area contributed by atoms with Crippen molar-refractivity contribution in [2.24, 2.45) is 33.7 Å². The average molecular weight is 1500 g/mol. The molecule has 3 aromatic rings. The first kappa shape index (κ1) is 81.7. The Hall–Kier alpha value is -6.94. The van der Waals surface area contributed by atoms with Crippen LogP contribution in [0.4, 0.5) is 5.69 Å². The number of nitrogens with one attached hydrogen (secondary N) is 2. The second-order valence-corrected chi connectivity index (χ2v) is 36.0. The topological polar surface area (TPSA) is 352 Å². The molecular weight excluding hydrogens is 1400 g/mol. The summed E-state index contributed by atoms with van der Waals surface area (Å²) in [6, 6.07) is 19.2. The van der Waals surface area contributed by atoms with Crippen LogP contribution in [0.3, 0.4) is 0 Å². The summed E-state index contributed by atoms with van der Waals surface area (Å²) in [4.78, 5) is 30.8. The van der Waals surface area contributed by atoms with Crippen molar-refractivity contribution in [2.75, 3.05) is 58.4 Å². The number of methoxy groups -OCH3 is 2. The summed E-state index contributed by atoms with van der Waals surface area (Å²) in [6.07, 6.45) is 24.2. The molecule has 2 unspecified atom stereocenters. The Bertz CT molecular complexity index is 4320. The third kappa shape index (κ3) is 20.4. The number of hydrogen-bond donors (Lipinski definition) is 5. The second-order valence-electron chi connectivity index (χ2n) is 30.0. The van der Waals surface area contributed by atoms with Gasteiger partial charge in [-0.3, -0.25) is 23.2 Å². The van der Waals surface area contributed by atoms with Gasteiger partial charge < -0.3 is 29.6 Å². The van der Waals surface area contributed by atoms with Gasteiger partial charge in [-0.05, 0) is 165 Å². The molecule has 0 aromatic heterocycles. The first-order valence-corrected chi connectivity index (χ1v) is 42.0. The number of ether oxygens (including phenoxy) is 2. The number of unbranched alkanes of at least 4 members (excludes halogenated alkanes) is 7. The van der Waals surface area contributed by atoms with Gasteiger partial charge in [0.1, 0.15) is 28.2 Å². The maximum atomic E-state index is 13.4. The first-order chi connectivity index (χ1) is 48.5. The van der Waals surface area contributed by atoms with E-state index in [0.29, 0.717) is 106 Å². The number of hydrogen-bond acceptors (Lipinski definition) is 15. The molecule has 0 radical (unpaired) electrons. The summed E-state index contributed by atoms with van der Waals surface area (Å²) in [6.45, 7) is 16.9. The molecule has 3 aromatic carbocycles. The Morgan fingerprint density at radius 2 is 1.43 bits per heavy atom. The monoisotopic (exact) mass is 1500 g/mol. The highest BCUT2D eigenvalue weighted by atomic mass is 32.2. The molecule has 1 saturated heterocycles. The number of nitrogens with zero attached hydrogens (tertiary/aromatic N) is 5. The van der Waals surface area contributed by atoms with Crippen LogP contribution in [0.5, 0.6) is 11.5 Å². The number of fused-ring (bicyclic) bond motifs is 3. The SMILES string of the molecule is COc1cc(C(C)(C)[C@H](CCCCCN=[N+]=[N-])c2ccccc2)cc(OC)c1[C@H]1C=C(CNC(=O)CCCCCNC(=O)CCCCC[N+]2=C(/C=C/C=C/C=C3/N(CCCS(=O)(=O)O)C4=CC=C(S(=O)(=O)O)CC4C3(C)C)C(C)(CCCCS(=O)(=O)O)c3cc(S(=O)(=O)[O-])ccc32)[C@H]2C[C@@H]1C2(C)C.